The van der Waals surface area contributed by atoms with Crippen molar-refractivity contribution in [3.63, 3.8) is 0 Å². The van der Waals surface area contributed by atoms with Crippen LogP contribution in [0, 0.1) is 5.41 Å². The summed E-state index contributed by atoms with van der Waals surface area (Å²) in [5.41, 5.74) is 6.05. The van der Waals surface area contributed by atoms with Crippen molar-refractivity contribution in [2.45, 2.75) is 45.6 Å². The van der Waals surface area contributed by atoms with E-state index in [4.69, 9.17) is 11.6 Å². The number of hydrogen-bond acceptors (Lipinski definition) is 1. The summed E-state index contributed by atoms with van der Waals surface area (Å²) in [6.45, 7) is 8.08. The highest BCUT2D eigenvalue weighted by Gasteiger charge is 2.46. The van der Waals surface area contributed by atoms with Crippen LogP contribution in [0.3, 0.4) is 0 Å². The van der Waals surface area contributed by atoms with E-state index in [1.807, 2.05) is 0 Å². The van der Waals surface area contributed by atoms with E-state index in [0.717, 1.165) is 31.0 Å². The molecule has 0 bridgehead atoms. The zero-order chi connectivity index (χ0) is 16.7. The van der Waals surface area contributed by atoms with Crippen LogP contribution >= 0.6 is 11.6 Å². The molecule has 0 saturated carbocycles. The van der Waals surface area contributed by atoms with Gasteiger partial charge in [-0.25, -0.2) is 0 Å². The van der Waals surface area contributed by atoms with Gasteiger partial charge in [-0.3, -0.25) is 4.90 Å². The van der Waals surface area contributed by atoms with Crippen molar-refractivity contribution in [3.05, 3.63) is 69.7 Å². The molecule has 1 nitrogen and oxygen atoms in total. The average molecular weight is 340 g/mol. The summed E-state index contributed by atoms with van der Waals surface area (Å²) in [7, 11) is 0. The maximum absolute atomic E-state index is 6.72. The van der Waals surface area contributed by atoms with Crippen LogP contribution in [-0.4, -0.2) is 18.0 Å². The molecule has 1 aliphatic heterocycles. The third kappa shape index (κ3) is 2.68. The summed E-state index contributed by atoms with van der Waals surface area (Å²) in [4.78, 5) is 2.64. The first-order chi connectivity index (χ1) is 11.6. The Bertz CT molecular complexity index is 739. The number of fused-ring (bicyclic) bond motifs is 3. The molecule has 0 amide bonds. The highest BCUT2D eigenvalue weighted by molar-refractivity contribution is 6.32. The van der Waals surface area contributed by atoms with Gasteiger partial charge in [0.15, 0.2) is 0 Å². The monoisotopic (exact) mass is 339 g/mol. The maximum atomic E-state index is 6.72. The van der Waals surface area contributed by atoms with E-state index in [-0.39, 0.29) is 0 Å². The molecule has 126 valence electrons. The number of benzene rings is 2. The molecule has 2 unspecified atom stereocenters. The molecule has 0 radical (unpaired) electrons. The second-order valence-electron chi connectivity index (χ2n) is 7.82. The van der Waals surface area contributed by atoms with Crippen LogP contribution in [0.1, 0.15) is 48.4 Å². The Labute approximate surface area is 150 Å². The predicted octanol–water partition coefficient (Wildman–Crippen LogP) is 5.45. The van der Waals surface area contributed by atoms with Crippen LogP contribution in [0.25, 0.3) is 0 Å². The molecule has 24 heavy (non-hydrogen) atoms. The Morgan fingerprint density at radius 2 is 1.96 bits per heavy atom. The molecule has 1 aliphatic carbocycles. The fourth-order valence-electron chi connectivity index (χ4n) is 4.80. The number of rotatable bonds is 3. The van der Waals surface area contributed by atoms with Gasteiger partial charge in [-0.2, -0.15) is 0 Å². The van der Waals surface area contributed by atoms with Gasteiger partial charge in [0.1, 0.15) is 0 Å². The Kier molecular flexibility index (Phi) is 4.18. The van der Waals surface area contributed by atoms with Gasteiger partial charge in [0.25, 0.3) is 0 Å². The van der Waals surface area contributed by atoms with Crippen molar-refractivity contribution < 1.29 is 0 Å². The van der Waals surface area contributed by atoms with Gasteiger partial charge in [0.2, 0.25) is 0 Å². The molecule has 2 heteroatoms. The molecule has 0 aromatic heterocycles. The van der Waals surface area contributed by atoms with Crippen molar-refractivity contribution >= 4 is 11.6 Å². The minimum Gasteiger partial charge on any atom is -0.298 e. The molecule has 0 spiro atoms. The molecular weight excluding hydrogens is 314 g/mol. The van der Waals surface area contributed by atoms with Gasteiger partial charge >= 0.3 is 0 Å². The zero-order valence-electron chi connectivity index (χ0n) is 14.7. The first kappa shape index (κ1) is 16.2. The zero-order valence-corrected chi connectivity index (χ0v) is 15.4. The molecular formula is C22H26ClN. The first-order valence-electron chi connectivity index (χ1n) is 9.17. The molecule has 1 heterocycles. The van der Waals surface area contributed by atoms with Crippen LogP contribution in [0.15, 0.2) is 42.5 Å². The second kappa shape index (κ2) is 6.20. The number of halogens is 1. The second-order valence-corrected chi connectivity index (χ2v) is 8.20. The van der Waals surface area contributed by atoms with Crippen LogP contribution in [0.2, 0.25) is 5.02 Å². The lowest BCUT2D eigenvalue weighted by atomic mass is 9.67. The van der Waals surface area contributed by atoms with Gasteiger partial charge < -0.3 is 0 Å². The number of nitrogens with zero attached hydrogens (tertiary/aromatic N) is 1. The highest BCUT2D eigenvalue weighted by Crippen LogP contribution is 2.52. The topological polar surface area (TPSA) is 3.24 Å². The normalized spacial score (nSPS) is 26.2. The molecule has 1 saturated heterocycles. The van der Waals surface area contributed by atoms with E-state index < -0.39 is 0 Å². The van der Waals surface area contributed by atoms with Crippen molar-refractivity contribution in [1.82, 2.24) is 4.90 Å². The van der Waals surface area contributed by atoms with E-state index in [1.54, 1.807) is 0 Å². The van der Waals surface area contributed by atoms with Gasteiger partial charge in [-0.05, 0) is 46.9 Å². The van der Waals surface area contributed by atoms with Crippen LogP contribution in [-0.2, 0) is 19.4 Å². The fraction of sp³-hybridized carbons (Fsp3) is 0.455. The third-order valence-corrected chi connectivity index (χ3v) is 6.65. The molecule has 0 N–H and O–H groups in total. The SMILES string of the molecule is CCc1ccc2c(c1Cl)CCC1(C)CN(Cc3ccccc3)CC21. The lowest BCUT2D eigenvalue weighted by molar-refractivity contribution is 0.240. The van der Waals surface area contributed by atoms with Crippen molar-refractivity contribution in [3.8, 4) is 0 Å². The van der Waals surface area contributed by atoms with E-state index in [2.05, 4.69) is 61.2 Å². The van der Waals surface area contributed by atoms with Crippen LogP contribution in [0.4, 0.5) is 0 Å². The first-order valence-corrected chi connectivity index (χ1v) is 9.55. The lowest BCUT2D eigenvalue weighted by Gasteiger charge is -2.37. The molecule has 2 aliphatic rings. The Morgan fingerprint density at radius 1 is 1.17 bits per heavy atom. The molecule has 1 fully saturated rings. The Hall–Kier alpha value is -1.31. The largest absolute Gasteiger partial charge is 0.298 e. The molecule has 2 aromatic carbocycles. The smallest absolute Gasteiger partial charge is 0.0472 e. The quantitative estimate of drug-likeness (QED) is 0.718. The summed E-state index contributed by atoms with van der Waals surface area (Å²) in [5.74, 6) is 0.619. The van der Waals surface area contributed by atoms with Crippen molar-refractivity contribution in [1.29, 1.82) is 0 Å². The summed E-state index contributed by atoms with van der Waals surface area (Å²) < 4.78 is 0. The van der Waals surface area contributed by atoms with Gasteiger partial charge in [-0.15, -0.1) is 0 Å². The molecule has 2 atom stereocenters. The van der Waals surface area contributed by atoms with Crippen LogP contribution < -0.4 is 0 Å². The third-order valence-electron chi connectivity index (χ3n) is 6.18. The van der Waals surface area contributed by atoms with E-state index in [0.29, 0.717) is 11.3 Å². The van der Waals surface area contributed by atoms with Gasteiger partial charge in [0, 0.05) is 30.6 Å². The van der Waals surface area contributed by atoms with Crippen molar-refractivity contribution in [2.75, 3.05) is 13.1 Å². The van der Waals surface area contributed by atoms with Gasteiger partial charge in [-0.1, -0.05) is 67.9 Å². The van der Waals surface area contributed by atoms with E-state index in [1.165, 1.54) is 35.2 Å². The van der Waals surface area contributed by atoms with Crippen LogP contribution in [0.5, 0.6) is 0 Å². The van der Waals surface area contributed by atoms with E-state index in [9.17, 15) is 0 Å². The maximum Gasteiger partial charge on any atom is 0.0472 e. The van der Waals surface area contributed by atoms with Gasteiger partial charge in [0.05, 0.1) is 0 Å². The minimum absolute atomic E-state index is 0.388. The Morgan fingerprint density at radius 3 is 2.71 bits per heavy atom. The predicted molar refractivity (Wildman–Crippen MR) is 102 cm³/mol. The van der Waals surface area contributed by atoms with E-state index >= 15 is 0 Å². The average Bonchev–Trinajstić information content (AvgIpc) is 2.92. The number of likely N-dealkylation sites (tertiary alicyclic amines) is 1. The number of hydrogen-bond donors (Lipinski definition) is 0. The summed E-state index contributed by atoms with van der Waals surface area (Å²) in [5, 5.41) is 1.04. The number of aryl methyl sites for hydroxylation is 1. The van der Waals surface area contributed by atoms with Crippen molar-refractivity contribution in [2.24, 2.45) is 5.41 Å². The molecule has 2 aromatic rings. The highest BCUT2D eigenvalue weighted by atomic mass is 35.5. The fourth-order valence-corrected chi connectivity index (χ4v) is 5.20. The Balaban J connectivity index is 1.62. The standard InChI is InChI=1S/C22H26ClN/c1-3-17-9-10-18-19(21(17)23)11-12-22(2)15-24(14-20(18)22)13-16-7-5-4-6-8-16/h4-10,20H,3,11-15H2,1-2H3. The molecule has 4 rings (SSSR count). The minimum atomic E-state index is 0.388. The summed E-state index contributed by atoms with van der Waals surface area (Å²) in [6.07, 6.45) is 3.41. The summed E-state index contributed by atoms with van der Waals surface area (Å²) in [6, 6.07) is 15.5. The lowest BCUT2D eigenvalue weighted by Crippen LogP contribution is -2.31. The summed E-state index contributed by atoms with van der Waals surface area (Å²) >= 11 is 6.72.